The van der Waals surface area contributed by atoms with E-state index >= 15 is 0 Å². The summed E-state index contributed by atoms with van der Waals surface area (Å²) in [5.74, 6) is 0.322. The van der Waals surface area contributed by atoms with E-state index in [9.17, 15) is 0 Å². The van der Waals surface area contributed by atoms with Crippen molar-refractivity contribution < 1.29 is 19.2 Å². The standard InChI is InChI=1S/C6H6O.3FH/c7-6-4-2-1-3-5-6;;;/h1-5,7H;3*1H. The second-order valence-electron chi connectivity index (χ2n) is 1.34. The van der Waals surface area contributed by atoms with Crippen LogP contribution in [0.2, 0.25) is 0 Å². The summed E-state index contributed by atoms with van der Waals surface area (Å²) in [6.45, 7) is 0. The van der Waals surface area contributed by atoms with Crippen LogP contribution in [0.15, 0.2) is 30.3 Å². The first-order chi connectivity index (χ1) is 3.39. The lowest BCUT2D eigenvalue weighted by Gasteiger charge is -1.82. The average Bonchev–Trinajstić information content (AvgIpc) is 1.69. The van der Waals surface area contributed by atoms with Gasteiger partial charge in [-0.25, -0.2) is 0 Å². The van der Waals surface area contributed by atoms with Crippen molar-refractivity contribution in [3.05, 3.63) is 30.3 Å². The van der Waals surface area contributed by atoms with Gasteiger partial charge in [-0.2, -0.15) is 0 Å². The van der Waals surface area contributed by atoms with Gasteiger partial charge in [0.15, 0.2) is 0 Å². The summed E-state index contributed by atoms with van der Waals surface area (Å²) < 4.78 is 0. The van der Waals surface area contributed by atoms with E-state index in [-0.39, 0.29) is 14.1 Å². The van der Waals surface area contributed by atoms with Gasteiger partial charge in [0.05, 0.1) is 0 Å². The number of phenolic OH excluding ortho intramolecular Hbond substituents is 1. The van der Waals surface area contributed by atoms with Gasteiger partial charge < -0.3 is 5.11 Å². The minimum absolute atomic E-state index is 0. The first kappa shape index (κ1) is 15.9. The Morgan fingerprint density at radius 1 is 0.800 bits per heavy atom. The normalized spacial score (nSPS) is 6.00. The van der Waals surface area contributed by atoms with Crippen molar-refractivity contribution in [3.63, 3.8) is 0 Å². The Labute approximate surface area is 56.4 Å². The van der Waals surface area contributed by atoms with Crippen molar-refractivity contribution in [2.24, 2.45) is 0 Å². The fourth-order valence-corrected chi connectivity index (χ4v) is 0.428. The maximum Gasteiger partial charge on any atom is 0.115 e. The van der Waals surface area contributed by atoms with E-state index in [1.54, 1.807) is 24.3 Å². The Kier molecular flexibility index (Phi) is 12.4. The smallest absolute Gasteiger partial charge is 0.115 e. The molecule has 1 nitrogen and oxygen atoms in total. The summed E-state index contributed by atoms with van der Waals surface area (Å²) in [5, 5.41) is 8.63. The number of benzene rings is 1. The van der Waals surface area contributed by atoms with Crippen LogP contribution in [0.5, 0.6) is 5.75 Å². The lowest BCUT2D eigenvalue weighted by atomic mass is 10.3. The largest absolute Gasteiger partial charge is 0.508 e. The van der Waals surface area contributed by atoms with Gasteiger partial charge >= 0.3 is 0 Å². The number of para-hydroxylation sites is 1. The van der Waals surface area contributed by atoms with Crippen molar-refractivity contribution in [1.29, 1.82) is 0 Å². The number of halogens is 3. The molecule has 0 aliphatic rings. The van der Waals surface area contributed by atoms with E-state index in [0.717, 1.165) is 0 Å². The van der Waals surface area contributed by atoms with E-state index in [0.29, 0.717) is 5.75 Å². The van der Waals surface area contributed by atoms with Gasteiger partial charge in [0.25, 0.3) is 0 Å². The first-order valence-electron chi connectivity index (χ1n) is 2.13. The van der Waals surface area contributed by atoms with Gasteiger partial charge in [-0.3, -0.25) is 14.1 Å². The molecule has 10 heavy (non-hydrogen) atoms. The summed E-state index contributed by atoms with van der Waals surface area (Å²) in [6.07, 6.45) is 0. The number of hydrogen-bond donors (Lipinski definition) is 1. The second-order valence-corrected chi connectivity index (χ2v) is 1.34. The minimum Gasteiger partial charge on any atom is -0.508 e. The third kappa shape index (κ3) is 4.96. The Morgan fingerprint density at radius 2 is 1.20 bits per heavy atom. The molecule has 0 aromatic heterocycles. The lowest BCUT2D eigenvalue weighted by Crippen LogP contribution is -1.56. The predicted octanol–water partition coefficient (Wildman–Crippen LogP) is 1.85. The summed E-state index contributed by atoms with van der Waals surface area (Å²) >= 11 is 0. The third-order valence-electron chi connectivity index (χ3n) is 0.756. The average molecular weight is 154 g/mol. The van der Waals surface area contributed by atoms with E-state index in [2.05, 4.69) is 0 Å². The maximum atomic E-state index is 8.63. The fourth-order valence-electron chi connectivity index (χ4n) is 0.428. The Hall–Kier alpha value is -1.19. The van der Waals surface area contributed by atoms with Gasteiger partial charge in [-0.1, -0.05) is 18.2 Å². The van der Waals surface area contributed by atoms with Crippen LogP contribution in [-0.4, -0.2) is 5.11 Å². The van der Waals surface area contributed by atoms with E-state index in [4.69, 9.17) is 5.11 Å². The molecule has 0 atom stereocenters. The van der Waals surface area contributed by atoms with Gasteiger partial charge in [-0.15, -0.1) is 0 Å². The molecule has 0 bridgehead atoms. The van der Waals surface area contributed by atoms with E-state index in [1.807, 2.05) is 6.07 Å². The molecule has 1 N–H and O–H groups in total. The molecule has 0 unspecified atom stereocenters. The lowest BCUT2D eigenvalue weighted by molar-refractivity contribution is 0.475. The molecule has 0 saturated carbocycles. The van der Waals surface area contributed by atoms with Crippen LogP contribution < -0.4 is 0 Å². The molecule has 0 amide bonds. The molecule has 0 spiro atoms. The zero-order valence-electron chi connectivity index (χ0n) is 5.06. The monoisotopic (exact) mass is 154 g/mol. The van der Waals surface area contributed by atoms with E-state index in [1.165, 1.54) is 0 Å². The fraction of sp³-hybridized carbons (Fsp3) is 0. The number of rotatable bonds is 0. The zero-order chi connectivity index (χ0) is 5.11. The molecule has 1 aromatic rings. The van der Waals surface area contributed by atoms with Crippen LogP contribution in [0.25, 0.3) is 0 Å². The molecule has 0 aliphatic heterocycles. The van der Waals surface area contributed by atoms with E-state index < -0.39 is 0 Å². The summed E-state index contributed by atoms with van der Waals surface area (Å²) in [4.78, 5) is 0. The highest BCUT2D eigenvalue weighted by Crippen LogP contribution is 2.02. The molecular formula is C6H9F3O. The molecule has 0 saturated heterocycles. The van der Waals surface area contributed by atoms with Crippen molar-refractivity contribution in [2.75, 3.05) is 0 Å². The maximum absolute atomic E-state index is 8.63. The van der Waals surface area contributed by atoms with Gasteiger partial charge in [0, 0.05) is 0 Å². The van der Waals surface area contributed by atoms with Crippen molar-refractivity contribution in [3.8, 4) is 5.75 Å². The van der Waals surface area contributed by atoms with Crippen molar-refractivity contribution in [1.82, 2.24) is 0 Å². The SMILES string of the molecule is F.F.F.Oc1ccccc1. The molecule has 60 valence electrons. The minimum atomic E-state index is 0. The first-order valence-corrected chi connectivity index (χ1v) is 2.13. The molecule has 0 radical (unpaired) electrons. The molecule has 4 heteroatoms. The number of hydrogen-bond acceptors (Lipinski definition) is 1. The zero-order valence-corrected chi connectivity index (χ0v) is 5.06. The third-order valence-corrected chi connectivity index (χ3v) is 0.756. The summed E-state index contributed by atoms with van der Waals surface area (Å²) in [6, 6.07) is 8.71. The summed E-state index contributed by atoms with van der Waals surface area (Å²) in [5.41, 5.74) is 0. The highest BCUT2D eigenvalue weighted by Gasteiger charge is 1.74. The highest BCUT2D eigenvalue weighted by molar-refractivity contribution is 5.18. The Bertz CT molecular complexity index is 143. The molecule has 0 heterocycles. The van der Waals surface area contributed by atoms with Crippen LogP contribution in [0.3, 0.4) is 0 Å². The second kappa shape index (κ2) is 7.81. The van der Waals surface area contributed by atoms with Crippen LogP contribution in [-0.2, 0) is 0 Å². The summed E-state index contributed by atoms with van der Waals surface area (Å²) in [7, 11) is 0. The quantitative estimate of drug-likeness (QED) is 0.604. The van der Waals surface area contributed by atoms with Crippen molar-refractivity contribution in [2.45, 2.75) is 0 Å². The molecule has 1 rings (SSSR count). The molecule has 0 fully saturated rings. The van der Waals surface area contributed by atoms with Crippen LogP contribution in [0, 0.1) is 0 Å². The predicted molar refractivity (Wildman–Crippen MR) is 35.6 cm³/mol. The van der Waals surface area contributed by atoms with Crippen LogP contribution >= 0.6 is 0 Å². The molecule has 1 aromatic carbocycles. The van der Waals surface area contributed by atoms with Gasteiger partial charge in [0.2, 0.25) is 0 Å². The molecular weight excluding hydrogens is 145 g/mol. The highest BCUT2D eigenvalue weighted by atomic mass is 19.0. The van der Waals surface area contributed by atoms with Crippen molar-refractivity contribution >= 4 is 0 Å². The topological polar surface area (TPSA) is 20.2 Å². The Balaban J connectivity index is -0.000000163. The molecule has 0 aliphatic carbocycles. The Morgan fingerprint density at radius 3 is 1.40 bits per heavy atom. The number of phenols is 1. The number of aromatic hydroxyl groups is 1. The van der Waals surface area contributed by atoms with Gasteiger partial charge in [-0.05, 0) is 12.1 Å². The van der Waals surface area contributed by atoms with Gasteiger partial charge in [0.1, 0.15) is 5.75 Å². The van der Waals surface area contributed by atoms with Crippen LogP contribution in [0.1, 0.15) is 0 Å². The van der Waals surface area contributed by atoms with Crippen LogP contribution in [0.4, 0.5) is 14.1 Å².